The molecule has 3 heteroatoms. The quantitative estimate of drug-likeness (QED) is 0.831. The van der Waals surface area contributed by atoms with Crippen molar-refractivity contribution in [3.8, 4) is 0 Å². The second-order valence-electron chi connectivity index (χ2n) is 7.20. The summed E-state index contributed by atoms with van der Waals surface area (Å²) in [6.45, 7) is 5.50. The lowest BCUT2D eigenvalue weighted by molar-refractivity contribution is -0.0129. The van der Waals surface area contributed by atoms with E-state index >= 15 is 0 Å². The molecule has 1 saturated heterocycles. The third kappa shape index (κ3) is 5.40. The van der Waals surface area contributed by atoms with Crippen molar-refractivity contribution in [3.05, 3.63) is 71.8 Å². The van der Waals surface area contributed by atoms with Crippen LogP contribution in [0.5, 0.6) is 0 Å². The molecule has 3 nitrogen and oxygen atoms in total. The summed E-state index contributed by atoms with van der Waals surface area (Å²) in [4.78, 5) is 2.36. The molecule has 3 rings (SSSR count). The average Bonchev–Trinajstić information content (AvgIpc) is 2.64. The first-order valence-corrected chi connectivity index (χ1v) is 9.34. The minimum Gasteiger partial charge on any atom is -0.389 e. The van der Waals surface area contributed by atoms with Gasteiger partial charge < -0.3 is 14.7 Å². The summed E-state index contributed by atoms with van der Waals surface area (Å²) in [5, 5.41) is 10.5. The van der Waals surface area contributed by atoms with E-state index in [1.54, 1.807) is 0 Å². The smallest absolute Gasteiger partial charge is 0.108 e. The van der Waals surface area contributed by atoms with Gasteiger partial charge in [0.05, 0.1) is 12.7 Å². The van der Waals surface area contributed by atoms with Gasteiger partial charge in [-0.3, -0.25) is 0 Å². The van der Waals surface area contributed by atoms with E-state index in [4.69, 9.17) is 4.74 Å². The van der Waals surface area contributed by atoms with E-state index in [1.165, 1.54) is 12.8 Å². The molecule has 0 aliphatic carbocycles. The van der Waals surface area contributed by atoms with Crippen molar-refractivity contribution in [2.75, 3.05) is 26.2 Å². The number of ether oxygens (including phenoxy) is 1. The van der Waals surface area contributed by atoms with Gasteiger partial charge in [-0.05, 0) is 36.4 Å². The van der Waals surface area contributed by atoms with Gasteiger partial charge in [-0.25, -0.2) is 0 Å². The number of aliphatic hydroxyl groups excluding tert-OH is 1. The maximum atomic E-state index is 10.5. The largest absolute Gasteiger partial charge is 0.389 e. The van der Waals surface area contributed by atoms with E-state index in [2.05, 4.69) is 36.1 Å². The van der Waals surface area contributed by atoms with Gasteiger partial charge in [-0.2, -0.15) is 0 Å². The molecule has 2 atom stereocenters. The molecule has 0 amide bonds. The molecule has 134 valence electrons. The fourth-order valence-electron chi connectivity index (χ4n) is 3.65. The number of nitrogens with zero attached hydrogens (tertiary/aromatic N) is 1. The Morgan fingerprint density at radius 2 is 1.64 bits per heavy atom. The zero-order valence-electron chi connectivity index (χ0n) is 15.1. The zero-order valence-corrected chi connectivity index (χ0v) is 15.1. The van der Waals surface area contributed by atoms with E-state index in [0.717, 1.165) is 30.1 Å². The highest BCUT2D eigenvalue weighted by molar-refractivity contribution is 5.29. The molecular weight excluding hydrogens is 310 g/mol. The predicted octanol–water partition coefficient (Wildman–Crippen LogP) is 3.89. The van der Waals surface area contributed by atoms with Gasteiger partial charge in [-0.1, -0.05) is 67.6 Å². The summed E-state index contributed by atoms with van der Waals surface area (Å²) in [6.07, 6.45) is 1.93. The van der Waals surface area contributed by atoms with Crippen molar-refractivity contribution in [2.45, 2.75) is 32.0 Å². The van der Waals surface area contributed by atoms with Crippen LogP contribution in [0, 0.1) is 5.92 Å². The van der Waals surface area contributed by atoms with E-state index in [-0.39, 0.29) is 6.10 Å². The second kappa shape index (κ2) is 9.14. The van der Waals surface area contributed by atoms with Crippen molar-refractivity contribution in [1.29, 1.82) is 0 Å². The maximum absolute atomic E-state index is 10.5. The summed E-state index contributed by atoms with van der Waals surface area (Å²) < 4.78 is 6.17. The highest BCUT2D eigenvalue weighted by Crippen LogP contribution is 2.26. The average molecular weight is 339 g/mol. The first kappa shape index (κ1) is 18.1. The van der Waals surface area contributed by atoms with Gasteiger partial charge in [0.1, 0.15) is 6.10 Å². The molecule has 1 fully saturated rings. The van der Waals surface area contributed by atoms with Crippen molar-refractivity contribution in [1.82, 2.24) is 4.90 Å². The number of hydrogen-bond donors (Lipinski definition) is 1. The lowest BCUT2D eigenvalue weighted by atomic mass is 10.00. The molecule has 1 N–H and O–H groups in total. The van der Waals surface area contributed by atoms with Crippen molar-refractivity contribution < 1.29 is 9.84 Å². The fraction of sp³-hybridized carbons (Fsp3) is 0.455. The van der Waals surface area contributed by atoms with Crippen LogP contribution in [0.4, 0.5) is 0 Å². The van der Waals surface area contributed by atoms with E-state index < -0.39 is 6.10 Å². The third-order valence-corrected chi connectivity index (χ3v) is 4.87. The summed E-state index contributed by atoms with van der Waals surface area (Å²) in [7, 11) is 0. The molecule has 0 spiro atoms. The van der Waals surface area contributed by atoms with Crippen molar-refractivity contribution >= 4 is 0 Å². The first-order valence-electron chi connectivity index (χ1n) is 9.34. The minimum atomic E-state index is -0.458. The van der Waals surface area contributed by atoms with Crippen LogP contribution < -0.4 is 0 Å². The number of hydrogen-bond acceptors (Lipinski definition) is 3. The monoisotopic (exact) mass is 339 g/mol. The van der Waals surface area contributed by atoms with Gasteiger partial charge >= 0.3 is 0 Å². The Morgan fingerprint density at radius 1 is 1.04 bits per heavy atom. The van der Waals surface area contributed by atoms with Crippen molar-refractivity contribution in [2.24, 2.45) is 5.92 Å². The topological polar surface area (TPSA) is 32.7 Å². The molecule has 25 heavy (non-hydrogen) atoms. The standard InChI is InChI=1S/C22H29NO2/c1-18-9-8-14-23(15-18)16-21(24)17-25-22(19-10-4-2-5-11-19)20-12-6-3-7-13-20/h2-7,10-13,18,21-22,24H,8-9,14-17H2,1H3/t18-,21+/m1/s1. The van der Waals surface area contributed by atoms with Crippen LogP contribution in [0.15, 0.2) is 60.7 Å². The number of benzene rings is 2. The molecule has 2 aromatic carbocycles. The van der Waals surface area contributed by atoms with Crippen LogP contribution in [-0.4, -0.2) is 42.4 Å². The fourth-order valence-corrected chi connectivity index (χ4v) is 3.65. The molecule has 1 aliphatic rings. The maximum Gasteiger partial charge on any atom is 0.108 e. The molecule has 0 radical (unpaired) electrons. The molecule has 2 aromatic rings. The third-order valence-electron chi connectivity index (χ3n) is 4.87. The van der Waals surface area contributed by atoms with Gasteiger partial charge in [0, 0.05) is 13.1 Å². The summed E-state index contributed by atoms with van der Waals surface area (Å²) >= 11 is 0. The lowest BCUT2D eigenvalue weighted by Crippen LogP contribution is -2.41. The summed E-state index contributed by atoms with van der Waals surface area (Å²) in [5.74, 6) is 0.725. The Labute approximate surface area is 151 Å². The number of likely N-dealkylation sites (tertiary alicyclic amines) is 1. The Balaban J connectivity index is 1.61. The summed E-state index contributed by atoms with van der Waals surface area (Å²) in [6, 6.07) is 20.5. The molecule has 0 aromatic heterocycles. The van der Waals surface area contributed by atoms with E-state index in [1.807, 2.05) is 36.4 Å². The lowest BCUT2D eigenvalue weighted by Gasteiger charge is -2.32. The highest BCUT2D eigenvalue weighted by atomic mass is 16.5. The Kier molecular flexibility index (Phi) is 6.62. The van der Waals surface area contributed by atoms with Crippen LogP contribution in [-0.2, 0) is 4.74 Å². The van der Waals surface area contributed by atoms with Crippen LogP contribution in [0.2, 0.25) is 0 Å². The Morgan fingerprint density at radius 3 is 2.20 bits per heavy atom. The van der Waals surface area contributed by atoms with Crippen LogP contribution in [0.1, 0.15) is 37.0 Å². The second-order valence-corrected chi connectivity index (χ2v) is 7.20. The molecule has 0 unspecified atom stereocenters. The normalized spacial score (nSPS) is 19.9. The van der Waals surface area contributed by atoms with Crippen LogP contribution in [0.25, 0.3) is 0 Å². The molecule has 1 heterocycles. The molecule has 0 bridgehead atoms. The first-order chi connectivity index (χ1) is 12.2. The van der Waals surface area contributed by atoms with Gasteiger partial charge in [0.2, 0.25) is 0 Å². The SMILES string of the molecule is C[C@@H]1CCCN(C[C@H](O)COC(c2ccccc2)c2ccccc2)C1. The molecule has 0 saturated carbocycles. The van der Waals surface area contributed by atoms with Crippen LogP contribution >= 0.6 is 0 Å². The van der Waals surface area contributed by atoms with Crippen molar-refractivity contribution in [3.63, 3.8) is 0 Å². The van der Waals surface area contributed by atoms with E-state index in [9.17, 15) is 5.11 Å². The number of β-amino-alcohol motifs (C(OH)–C–C–N with tert-alkyl or cyclic N) is 1. The Bertz CT molecular complexity index is 577. The van der Waals surface area contributed by atoms with E-state index in [0.29, 0.717) is 13.2 Å². The predicted molar refractivity (Wildman–Crippen MR) is 102 cm³/mol. The zero-order chi connectivity index (χ0) is 17.5. The minimum absolute atomic E-state index is 0.141. The van der Waals surface area contributed by atoms with Gasteiger partial charge in [-0.15, -0.1) is 0 Å². The van der Waals surface area contributed by atoms with Crippen LogP contribution in [0.3, 0.4) is 0 Å². The van der Waals surface area contributed by atoms with Gasteiger partial charge in [0.15, 0.2) is 0 Å². The highest BCUT2D eigenvalue weighted by Gasteiger charge is 2.21. The molecule has 1 aliphatic heterocycles. The molecular formula is C22H29NO2. The Hall–Kier alpha value is -1.68. The van der Waals surface area contributed by atoms with Gasteiger partial charge in [0.25, 0.3) is 0 Å². The number of rotatable bonds is 7. The number of aliphatic hydroxyl groups is 1. The summed E-state index contributed by atoms with van der Waals surface area (Å²) in [5.41, 5.74) is 2.24. The number of piperidine rings is 1.